The summed E-state index contributed by atoms with van der Waals surface area (Å²) in [7, 11) is 0. The second-order valence-electron chi connectivity index (χ2n) is 2.12. The zero-order chi connectivity index (χ0) is 7.40. The van der Waals surface area contributed by atoms with Crippen molar-refractivity contribution in [1.29, 1.82) is 0 Å². The van der Waals surface area contributed by atoms with Crippen LogP contribution in [0.2, 0.25) is 0 Å². The Morgan fingerprint density at radius 1 is 1.36 bits per heavy atom. The molecule has 0 unspecified atom stereocenters. The van der Waals surface area contributed by atoms with E-state index in [2.05, 4.69) is 6.58 Å². The van der Waals surface area contributed by atoms with Gasteiger partial charge in [-0.15, -0.1) is 6.58 Å². The van der Waals surface area contributed by atoms with Crippen molar-refractivity contribution < 1.29 is 5.11 Å². The van der Waals surface area contributed by atoms with Crippen LogP contribution in [0, 0.1) is 0 Å². The summed E-state index contributed by atoms with van der Waals surface area (Å²) in [6.07, 6.45) is 2.50. The van der Waals surface area contributed by atoms with Gasteiger partial charge in [0, 0.05) is 0 Å². The van der Waals surface area contributed by atoms with Crippen LogP contribution in [0.15, 0.2) is 36.9 Å². The van der Waals surface area contributed by atoms with Crippen molar-refractivity contribution in [1.82, 2.24) is 0 Å². The molecule has 1 aromatic rings. The Kier molecular flexibility index (Phi) is 5.65. The third kappa shape index (κ3) is 3.28. The number of benzene rings is 1. The second kappa shape index (κ2) is 5.64. The fourth-order valence-electron chi connectivity index (χ4n) is 0.839. The van der Waals surface area contributed by atoms with Crippen molar-refractivity contribution in [2.75, 3.05) is 0 Å². The third-order valence-corrected chi connectivity index (χ3v) is 1.36. The molecule has 0 aliphatic carbocycles. The quantitative estimate of drug-likeness (QED) is 0.530. The first-order chi connectivity index (χ1) is 4.84. The van der Waals surface area contributed by atoms with Crippen molar-refractivity contribution in [3.63, 3.8) is 0 Å². The number of allylic oxidation sites excluding steroid dienone is 1. The molecule has 0 heterocycles. The number of rotatable bonds is 2. The van der Waals surface area contributed by atoms with Crippen molar-refractivity contribution in [3.05, 3.63) is 42.5 Å². The first kappa shape index (κ1) is 11.0. The minimum atomic E-state index is 0. The molecular weight excluding hydrogens is 164 g/mol. The maximum absolute atomic E-state index is 9.19. The van der Waals surface area contributed by atoms with Gasteiger partial charge in [-0.25, -0.2) is 0 Å². The Hall–Kier alpha value is 0.0197. The van der Waals surface area contributed by atoms with Gasteiger partial charge in [0.15, 0.2) is 0 Å². The molecule has 1 N–H and O–H groups in total. The number of aromatic hydroxyl groups is 1. The number of hydrogen-bond donors (Lipinski definition) is 1. The summed E-state index contributed by atoms with van der Waals surface area (Å²) in [4.78, 5) is 0. The Bertz CT molecular complexity index is 233. The summed E-state index contributed by atoms with van der Waals surface area (Å²) < 4.78 is 0. The van der Waals surface area contributed by atoms with Crippen molar-refractivity contribution in [2.24, 2.45) is 0 Å². The molecule has 0 saturated carbocycles. The van der Waals surface area contributed by atoms with Crippen LogP contribution >= 0.6 is 0 Å². The van der Waals surface area contributed by atoms with E-state index >= 15 is 0 Å². The SMILES string of the molecule is C=CCc1ccccc1O.[CaH2]. The molecule has 0 radical (unpaired) electrons. The van der Waals surface area contributed by atoms with Crippen molar-refractivity contribution >= 4 is 37.7 Å². The summed E-state index contributed by atoms with van der Waals surface area (Å²) in [6.45, 7) is 3.59. The molecule has 1 aromatic carbocycles. The minimum absolute atomic E-state index is 0. The van der Waals surface area contributed by atoms with Crippen LogP contribution in [0.3, 0.4) is 0 Å². The fourth-order valence-corrected chi connectivity index (χ4v) is 0.839. The van der Waals surface area contributed by atoms with Crippen LogP contribution in [-0.4, -0.2) is 42.8 Å². The Balaban J connectivity index is 0.000001000. The molecule has 0 amide bonds. The van der Waals surface area contributed by atoms with Crippen LogP contribution in [-0.2, 0) is 6.42 Å². The predicted molar refractivity (Wildman–Crippen MR) is 50.6 cm³/mol. The van der Waals surface area contributed by atoms with Gasteiger partial charge in [-0.2, -0.15) is 0 Å². The van der Waals surface area contributed by atoms with Gasteiger partial charge in [0.25, 0.3) is 0 Å². The van der Waals surface area contributed by atoms with E-state index in [0.717, 1.165) is 12.0 Å². The number of para-hydroxylation sites is 1. The van der Waals surface area contributed by atoms with Gasteiger partial charge in [-0.05, 0) is 18.1 Å². The first-order valence-electron chi connectivity index (χ1n) is 3.22. The molecule has 1 nitrogen and oxygen atoms in total. The summed E-state index contributed by atoms with van der Waals surface area (Å²) in [6, 6.07) is 7.27. The number of phenolic OH excluding ortho intramolecular Hbond substituents is 1. The monoisotopic (exact) mass is 176 g/mol. The molecule has 1 rings (SSSR count). The molecule has 11 heavy (non-hydrogen) atoms. The molecule has 0 atom stereocenters. The van der Waals surface area contributed by atoms with Crippen LogP contribution in [0.5, 0.6) is 5.75 Å². The van der Waals surface area contributed by atoms with Crippen molar-refractivity contribution in [2.45, 2.75) is 6.42 Å². The average Bonchev–Trinajstić information content (AvgIpc) is 1.94. The van der Waals surface area contributed by atoms with Crippen LogP contribution in [0.4, 0.5) is 0 Å². The predicted octanol–water partition coefficient (Wildman–Crippen LogP) is 1.20. The summed E-state index contributed by atoms with van der Waals surface area (Å²) in [5, 5.41) is 9.19. The molecular formula is C9H12CaO. The zero-order valence-electron chi connectivity index (χ0n) is 5.75. The molecule has 2 heteroatoms. The second-order valence-corrected chi connectivity index (χ2v) is 2.12. The average molecular weight is 176 g/mol. The normalized spacial score (nSPS) is 8.36. The van der Waals surface area contributed by atoms with Crippen LogP contribution in [0.25, 0.3) is 0 Å². The van der Waals surface area contributed by atoms with Gasteiger partial charge in [-0.1, -0.05) is 24.3 Å². The molecule has 0 saturated heterocycles. The fraction of sp³-hybridized carbons (Fsp3) is 0.111. The van der Waals surface area contributed by atoms with Gasteiger partial charge in [0.2, 0.25) is 0 Å². The molecule has 56 valence electrons. The van der Waals surface area contributed by atoms with Gasteiger partial charge in [-0.3, -0.25) is 0 Å². The topological polar surface area (TPSA) is 20.2 Å². The van der Waals surface area contributed by atoms with E-state index in [0.29, 0.717) is 5.75 Å². The summed E-state index contributed by atoms with van der Waals surface area (Å²) >= 11 is 0. The van der Waals surface area contributed by atoms with E-state index in [-0.39, 0.29) is 37.7 Å². The van der Waals surface area contributed by atoms with Crippen LogP contribution < -0.4 is 0 Å². The summed E-state index contributed by atoms with van der Waals surface area (Å²) in [5.41, 5.74) is 0.928. The van der Waals surface area contributed by atoms with Crippen LogP contribution in [0.1, 0.15) is 5.56 Å². The molecule has 0 fully saturated rings. The van der Waals surface area contributed by atoms with E-state index in [1.54, 1.807) is 12.1 Å². The van der Waals surface area contributed by atoms with E-state index in [4.69, 9.17) is 0 Å². The number of phenols is 1. The Morgan fingerprint density at radius 2 is 2.00 bits per heavy atom. The maximum atomic E-state index is 9.19. The molecule has 0 bridgehead atoms. The molecule has 0 aliphatic rings. The molecule has 0 aromatic heterocycles. The van der Waals surface area contributed by atoms with E-state index in [1.807, 2.05) is 18.2 Å². The van der Waals surface area contributed by atoms with E-state index in [9.17, 15) is 5.11 Å². The van der Waals surface area contributed by atoms with Crippen molar-refractivity contribution in [3.8, 4) is 5.75 Å². The molecule has 0 spiro atoms. The van der Waals surface area contributed by atoms with E-state index in [1.165, 1.54) is 0 Å². The number of hydrogen-bond acceptors (Lipinski definition) is 1. The molecule has 0 aliphatic heterocycles. The Morgan fingerprint density at radius 3 is 2.55 bits per heavy atom. The third-order valence-electron chi connectivity index (χ3n) is 1.36. The zero-order valence-corrected chi connectivity index (χ0v) is 5.75. The standard InChI is InChI=1S/C9H10O.Ca.2H/c1-2-5-8-6-3-4-7-9(8)10;;;/h2-4,6-7,10H,1,5H2;;;. The Labute approximate surface area is 96.7 Å². The van der Waals surface area contributed by atoms with Gasteiger partial charge >= 0.3 is 37.7 Å². The summed E-state index contributed by atoms with van der Waals surface area (Å²) in [5.74, 6) is 0.349. The first-order valence-corrected chi connectivity index (χ1v) is 3.22. The van der Waals surface area contributed by atoms with Gasteiger partial charge in [0.1, 0.15) is 5.75 Å². The van der Waals surface area contributed by atoms with Gasteiger partial charge in [0.05, 0.1) is 0 Å². The van der Waals surface area contributed by atoms with E-state index < -0.39 is 0 Å². The van der Waals surface area contributed by atoms with Gasteiger partial charge < -0.3 is 5.11 Å².